The highest BCUT2D eigenvalue weighted by molar-refractivity contribution is 5.92. The Bertz CT molecular complexity index is 516. The number of hydrogen-bond donors (Lipinski definition) is 1. The average Bonchev–Trinajstić information content (AvgIpc) is 2.91. The molecule has 4 heteroatoms. The molecule has 1 atom stereocenters. The van der Waals surface area contributed by atoms with Gasteiger partial charge in [0.05, 0.1) is 12.1 Å². The van der Waals surface area contributed by atoms with Crippen LogP contribution in [0.5, 0.6) is 0 Å². The minimum absolute atomic E-state index is 0.164. The van der Waals surface area contributed by atoms with Crippen molar-refractivity contribution in [1.29, 1.82) is 0 Å². The molecule has 2 heterocycles. The summed E-state index contributed by atoms with van der Waals surface area (Å²) in [5, 5.41) is 0. The molecule has 1 amide bonds. The van der Waals surface area contributed by atoms with E-state index in [1.165, 1.54) is 5.56 Å². The lowest BCUT2D eigenvalue weighted by Crippen LogP contribution is -2.50. The van der Waals surface area contributed by atoms with Crippen molar-refractivity contribution >= 4 is 5.91 Å². The van der Waals surface area contributed by atoms with Crippen molar-refractivity contribution in [3.8, 4) is 0 Å². The van der Waals surface area contributed by atoms with Gasteiger partial charge in [-0.05, 0) is 30.5 Å². The molecule has 2 aliphatic rings. The molecule has 1 unspecified atom stereocenters. The Hall–Kier alpha value is -1.65. The van der Waals surface area contributed by atoms with E-state index in [0.29, 0.717) is 5.56 Å². The third kappa shape index (κ3) is 2.49. The Balaban J connectivity index is 1.75. The van der Waals surface area contributed by atoms with Crippen LogP contribution < -0.4 is 5.73 Å². The summed E-state index contributed by atoms with van der Waals surface area (Å²) < 4.78 is 5.62. The normalized spacial score (nSPS) is 26.2. The van der Waals surface area contributed by atoms with Crippen molar-refractivity contribution in [1.82, 2.24) is 4.90 Å². The summed E-state index contributed by atoms with van der Waals surface area (Å²) in [5.41, 5.74) is 7.20. The quantitative estimate of drug-likeness (QED) is 0.852. The van der Waals surface area contributed by atoms with Crippen molar-refractivity contribution in [2.75, 3.05) is 19.8 Å². The van der Waals surface area contributed by atoms with E-state index in [2.05, 4.69) is 17.1 Å². The molecule has 0 radical (unpaired) electrons. The van der Waals surface area contributed by atoms with Crippen molar-refractivity contribution in [2.45, 2.75) is 24.9 Å². The summed E-state index contributed by atoms with van der Waals surface area (Å²) in [5.74, 6) is -0.377. The van der Waals surface area contributed by atoms with Crippen LogP contribution in [0.4, 0.5) is 0 Å². The molecule has 4 nitrogen and oxygen atoms in total. The van der Waals surface area contributed by atoms with Gasteiger partial charge in [0, 0.05) is 25.3 Å². The van der Waals surface area contributed by atoms with Gasteiger partial charge in [0.1, 0.15) is 0 Å². The Morgan fingerprint density at radius 2 is 2.10 bits per heavy atom. The number of rotatable bonds is 3. The van der Waals surface area contributed by atoms with Gasteiger partial charge < -0.3 is 10.5 Å². The molecule has 0 aliphatic carbocycles. The minimum atomic E-state index is -0.377. The van der Waals surface area contributed by atoms with E-state index in [-0.39, 0.29) is 11.4 Å². The van der Waals surface area contributed by atoms with Crippen LogP contribution in [0.25, 0.3) is 0 Å². The van der Waals surface area contributed by atoms with E-state index in [0.717, 1.165) is 39.1 Å². The molecule has 1 spiro atoms. The van der Waals surface area contributed by atoms with Gasteiger partial charge in [0.25, 0.3) is 0 Å². The second-order valence-electron chi connectivity index (χ2n) is 5.64. The number of hydrogen-bond acceptors (Lipinski definition) is 3. The Morgan fingerprint density at radius 3 is 2.75 bits per heavy atom. The topological polar surface area (TPSA) is 55.6 Å². The Kier molecular flexibility index (Phi) is 3.59. The smallest absolute Gasteiger partial charge is 0.248 e. The predicted octanol–water partition coefficient (Wildman–Crippen LogP) is 1.71. The lowest BCUT2D eigenvalue weighted by atomic mass is 9.88. The first kappa shape index (κ1) is 13.3. The third-order valence-electron chi connectivity index (χ3n) is 4.36. The maximum Gasteiger partial charge on any atom is 0.248 e. The van der Waals surface area contributed by atoms with E-state index in [1.54, 1.807) is 12.1 Å². The highest BCUT2D eigenvalue weighted by Gasteiger charge is 2.40. The number of amides is 1. The Morgan fingerprint density at radius 1 is 1.30 bits per heavy atom. The van der Waals surface area contributed by atoms with Gasteiger partial charge in [-0.3, -0.25) is 9.69 Å². The average molecular weight is 272 g/mol. The summed E-state index contributed by atoms with van der Waals surface area (Å²) in [6, 6.07) is 7.58. The van der Waals surface area contributed by atoms with Crippen LogP contribution in [0.15, 0.2) is 36.4 Å². The second kappa shape index (κ2) is 5.38. The molecule has 2 aliphatic heterocycles. The monoisotopic (exact) mass is 272 g/mol. The van der Waals surface area contributed by atoms with Gasteiger partial charge in [-0.25, -0.2) is 0 Å². The van der Waals surface area contributed by atoms with Crippen molar-refractivity contribution < 1.29 is 9.53 Å². The van der Waals surface area contributed by atoms with Crippen molar-refractivity contribution in [3.63, 3.8) is 0 Å². The molecular weight excluding hydrogens is 252 g/mol. The van der Waals surface area contributed by atoms with Crippen LogP contribution in [0.1, 0.15) is 28.8 Å². The van der Waals surface area contributed by atoms with E-state index < -0.39 is 0 Å². The lowest BCUT2D eigenvalue weighted by Gasteiger charge is -2.41. The van der Waals surface area contributed by atoms with Gasteiger partial charge in [-0.15, -0.1) is 0 Å². The number of benzene rings is 1. The lowest BCUT2D eigenvalue weighted by molar-refractivity contribution is 0.0651. The van der Waals surface area contributed by atoms with Crippen LogP contribution in [-0.2, 0) is 11.3 Å². The van der Waals surface area contributed by atoms with Gasteiger partial charge in [0.15, 0.2) is 0 Å². The van der Waals surface area contributed by atoms with E-state index in [1.807, 2.05) is 12.1 Å². The first-order chi connectivity index (χ1) is 9.70. The molecule has 2 N–H and O–H groups in total. The van der Waals surface area contributed by atoms with Crippen molar-refractivity contribution in [3.05, 3.63) is 47.5 Å². The predicted molar refractivity (Wildman–Crippen MR) is 77.3 cm³/mol. The van der Waals surface area contributed by atoms with Crippen LogP contribution in [0.2, 0.25) is 0 Å². The molecular formula is C16H20N2O2. The largest absolute Gasteiger partial charge is 0.379 e. The zero-order valence-electron chi connectivity index (χ0n) is 11.5. The van der Waals surface area contributed by atoms with Gasteiger partial charge in [-0.1, -0.05) is 24.3 Å². The summed E-state index contributed by atoms with van der Waals surface area (Å²) in [7, 11) is 0. The molecule has 1 aromatic carbocycles. The number of ether oxygens (including phenoxy) is 1. The van der Waals surface area contributed by atoms with Gasteiger partial charge in [0.2, 0.25) is 5.91 Å². The number of carbonyl (C=O) groups excluding carboxylic acids is 1. The van der Waals surface area contributed by atoms with Crippen LogP contribution in [-0.4, -0.2) is 36.1 Å². The zero-order valence-corrected chi connectivity index (χ0v) is 11.5. The standard InChI is InChI=1S/C16H20N2O2/c17-15(19)14-5-3-13(4-6-14)11-18-9-2-1-7-16(18)8-10-20-12-16/h1-6H,7-12H2,(H2,17,19). The third-order valence-corrected chi connectivity index (χ3v) is 4.36. The molecule has 0 bridgehead atoms. The second-order valence-corrected chi connectivity index (χ2v) is 5.64. The summed E-state index contributed by atoms with van der Waals surface area (Å²) in [4.78, 5) is 13.6. The minimum Gasteiger partial charge on any atom is -0.379 e. The van der Waals surface area contributed by atoms with Gasteiger partial charge in [-0.2, -0.15) is 0 Å². The molecule has 3 rings (SSSR count). The molecule has 1 aromatic rings. The molecule has 0 aromatic heterocycles. The maximum absolute atomic E-state index is 11.1. The zero-order chi connectivity index (χ0) is 14.0. The van der Waals surface area contributed by atoms with E-state index >= 15 is 0 Å². The van der Waals surface area contributed by atoms with Crippen LogP contribution >= 0.6 is 0 Å². The fourth-order valence-electron chi connectivity index (χ4n) is 3.06. The van der Waals surface area contributed by atoms with Crippen LogP contribution in [0.3, 0.4) is 0 Å². The summed E-state index contributed by atoms with van der Waals surface area (Å²) in [6.07, 6.45) is 6.64. The number of carbonyl (C=O) groups is 1. The molecule has 106 valence electrons. The summed E-state index contributed by atoms with van der Waals surface area (Å²) >= 11 is 0. The number of primary amides is 1. The fraction of sp³-hybridized carbons (Fsp3) is 0.438. The SMILES string of the molecule is NC(=O)c1ccc(CN2CC=CCC23CCOC3)cc1. The van der Waals surface area contributed by atoms with E-state index in [4.69, 9.17) is 10.5 Å². The molecule has 0 saturated carbocycles. The number of nitrogens with two attached hydrogens (primary N) is 1. The molecule has 1 saturated heterocycles. The Labute approximate surface area is 119 Å². The maximum atomic E-state index is 11.1. The highest BCUT2D eigenvalue weighted by atomic mass is 16.5. The van der Waals surface area contributed by atoms with Gasteiger partial charge >= 0.3 is 0 Å². The summed E-state index contributed by atoms with van der Waals surface area (Å²) in [6.45, 7) is 3.51. The number of nitrogens with zero attached hydrogens (tertiary/aromatic N) is 1. The highest BCUT2D eigenvalue weighted by Crippen LogP contribution is 2.33. The molecule has 20 heavy (non-hydrogen) atoms. The van der Waals surface area contributed by atoms with Crippen LogP contribution in [0, 0.1) is 0 Å². The fourth-order valence-corrected chi connectivity index (χ4v) is 3.06. The van der Waals surface area contributed by atoms with Crippen molar-refractivity contribution in [2.24, 2.45) is 5.73 Å². The van der Waals surface area contributed by atoms with E-state index in [9.17, 15) is 4.79 Å². The first-order valence-corrected chi connectivity index (χ1v) is 7.06. The first-order valence-electron chi connectivity index (χ1n) is 7.06. The molecule has 1 fully saturated rings.